The van der Waals surface area contributed by atoms with E-state index in [-0.39, 0.29) is 5.75 Å². The second kappa shape index (κ2) is 7.01. The highest BCUT2D eigenvalue weighted by Gasteiger charge is 2.05. The Bertz CT molecular complexity index is 364. The van der Waals surface area contributed by atoms with Crippen LogP contribution in [0.1, 0.15) is 24.2 Å². The topological polar surface area (TPSA) is 29.5 Å². The third-order valence-electron chi connectivity index (χ3n) is 2.65. The Morgan fingerprint density at radius 3 is 2.59 bits per heavy atom. The Kier molecular flexibility index (Phi) is 5.63. The van der Waals surface area contributed by atoms with Crippen LogP contribution in [0.5, 0.6) is 5.75 Å². The van der Waals surface area contributed by atoms with Crippen molar-refractivity contribution in [3.63, 3.8) is 0 Å². The largest absolute Gasteiger partial charge is 0.489 e. The standard InChI is InChI=1S/C13H18FNO2/c1-3-15(4-2)7-8-17-13-6-5-11(10-16)9-12(13)14/h5-6,9-10H,3-4,7-8H2,1-2H3. The van der Waals surface area contributed by atoms with Crippen molar-refractivity contribution >= 4 is 6.29 Å². The van der Waals surface area contributed by atoms with Gasteiger partial charge >= 0.3 is 0 Å². The normalized spacial score (nSPS) is 10.6. The molecule has 4 heteroatoms. The number of nitrogens with zero attached hydrogens (tertiary/aromatic N) is 1. The van der Waals surface area contributed by atoms with Gasteiger partial charge in [-0.15, -0.1) is 0 Å². The minimum absolute atomic E-state index is 0.197. The van der Waals surface area contributed by atoms with Crippen LogP contribution in [0.2, 0.25) is 0 Å². The first kappa shape index (κ1) is 13.6. The number of ether oxygens (including phenoxy) is 1. The van der Waals surface area contributed by atoms with Crippen molar-refractivity contribution in [2.24, 2.45) is 0 Å². The monoisotopic (exact) mass is 239 g/mol. The molecule has 0 unspecified atom stereocenters. The molecule has 0 heterocycles. The lowest BCUT2D eigenvalue weighted by Crippen LogP contribution is -2.28. The van der Waals surface area contributed by atoms with E-state index in [0.29, 0.717) is 18.5 Å². The summed E-state index contributed by atoms with van der Waals surface area (Å²) in [4.78, 5) is 12.6. The molecule has 0 aromatic heterocycles. The van der Waals surface area contributed by atoms with Gasteiger partial charge in [-0.25, -0.2) is 4.39 Å². The summed E-state index contributed by atoms with van der Waals surface area (Å²) in [6.45, 7) is 7.26. The van der Waals surface area contributed by atoms with Gasteiger partial charge in [0, 0.05) is 12.1 Å². The van der Waals surface area contributed by atoms with E-state index in [4.69, 9.17) is 4.74 Å². The number of aldehydes is 1. The Labute approximate surface area is 101 Å². The minimum atomic E-state index is -0.492. The molecular weight excluding hydrogens is 221 g/mol. The molecule has 0 amide bonds. The molecule has 0 aliphatic rings. The second-order valence-corrected chi connectivity index (χ2v) is 3.68. The molecule has 1 aromatic rings. The van der Waals surface area contributed by atoms with Gasteiger partial charge < -0.3 is 9.64 Å². The highest BCUT2D eigenvalue weighted by Crippen LogP contribution is 2.17. The summed E-state index contributed by atoms with van der Waals surface area (Å²) in [5.74, 6) is -0.295. The van der Waals surface area contributed by atoms with Crippen molar-refractivity contribution in [2.75, 3.05) is 26.2 Å². The maximum atomic E-state index is 13.4. The summed E-state index contributed by atoms with van der Waals surface area (Å²) in [5.41, 5.74) is 0.318. The third-order valence-corrected chi connectivity index (χ3v) is 2.65. The van der Waals surface area contributed by atoms with Crippen LogP contribution in [0.25, 0.3) is 0 Å². The van der Waals surface area contributed by atoms with E-state index in [1.165, 1.54) is 12.1 Å². The summed E-state index contributed by atoms with van der Waals surface area (Å²) >= 11 is 0. The Balaban J connectivity index is 2.49. The Morgan fingerprint density at radius 2 is 2.06 bits per heavy atom. The fourth-order valence-corrected chi connectivity index (χ4v) is 1.53. The lowest BCUT2D eigenvalue weighted by Gasteiger charge is -2.18. The molecule has 3 nitrogen and oxygen atoms in total. The van der Waals surface area contributed by atoms with E-state index in [9.17, 15) is 9.18 Å². The number of likely N-dealkylation sites (N-methyl/N-ethyl adjacent to an activating group) is 1. The zero-order chi connectivity index (χ0) is 12.7. The van der Waals surface area contributed by atoms with Crippen molar-refractivity contribution in [1.29, 1.82) is 0 Å². The lowest BCUT2D eigenvalue weighted by atomic mass is 10.2. The van der Waals surface area contributed by atoms with Gasteiger partial charge in [0.2, 0.25) is 0 Å². The molecule has 0 fully saturated rings. The average molecular weight is 239 g/mol. The van der Waals surface area contributed by atoms with Crippen molar-refractivity contribution in [1.82, 2.24) is 4.90 Å². The highest BCUT2D eigenvalue weighted by molar-refractivity contribution is 5.74. The number of benzene rings is 1. The number of carbonyl (C=O) groups is 1. The van der Waals surface area contributed by atoms with Crippen LogP contribution < -0.4 is 4.74 Å². The van der Waals surface area contributed by atoms with E-state index in [1.54, 1.807) is 6.07 Å². The number of hydrogen-bond acceptors (Lipinski definition) is 3. The summed E-state index contributed by atoms with van der Waals surface area (Å²) in [5, 5.41) is 0. The SMILES string of the molecule is CCN(CC)CCOc1ccc(C=O)cc1F. The molecular formula is C13H18FNO2. The minimum Gasteiger partial charge on any atom is -0.489 e. The Hall–Kier alpha value is -1.42. The van der Waals surface area contributed by atoms with E-state index in [2.05, 4.69) is 18.7 Å². The van der Waals surface area contributed by atoms with Crippen LogP contribution >= 0.6 is 0 Å². The van der Waals surface area contributed by atoms with Crippen LogP contribution in [0.3, 0.4) is 0 Å². The average Bonchev–Trinajstić information content (AvgIpc) is 2.36. The van der Waals surface area contributed by atoms with Crippen LogP contribution in [0, 0.1) is 5.82 Å². The predicted molar refractivity (Wildman–Crippen MR) is 65.1 cm³/mol. The summed E-state index contributed by atoms with van der Waals surface area (Å²) in [7, 11) is 0. The van der Waals surface area contributed by atoms with Crippen molar-refractivity contribution in [3.05, 3.63) is 29.6 Å². The molecule has 0 bridgehead atoms. The van der Waals surface area contributed by atoms with Gasteiger partial charge in [0.1, 0.15) is 12.9 Å². The van der Waals surface area contributed by atoms with E-state index < -0.39 is 5.82 Å². The Morgan fingerprint density at radius 1 is 1.35 bits per heavy atom. The molecule has 0 spiro atoms. The third kappa shape index (κ3) is 4.15. The number of halogens is 1. The number of rotatable bonds is 7. The van der Waals surface area contributed by atoms with E-state index in [1.807, 2.05) is 0 Å². The molecule has 0 atom stereocenters. The molecule has 17 heavy (non-hydrogen) atoms. The fourth-order valence-electron chi connectivity index (χ4n) is 1.53. The van der Waals surface area contributed by atoms with Gasteiger partial charge in [0.25, 0.3) is 0 Å². The van der Waals surface area contributed by atoms with Gasteiger partial charge in [0.05, 0.1) is 0 Å². The maximum Gasteiger partial charge on any atom is 0.165 e. The van der Waals surface area contributed by atoms with Gasteiger partial charge in [-0.2, -0.15) is 0 Å². The molecule has 1 rings (SSSR count). The predicted octanol–water partition coefficient (Wildman–Crippen LogP) is 2.36. The molecule has 0 aliphatic heterocycles. The van der Waals surface area contributed by atoms with Gasteiger partial charge in [-0.3, -0.25) is 4.79 Å². The van der Waals surface area contributed by atoms with Crippen LogP contribution in [0.4, 0.5) is 4.39 Å². The lowest BCUT2D eigenvalue weighted by molar-refractivity contribution is 0.112. The zero-order valence-electron chi connectivity index (χ0n) is 10.3. The summed E-state index contributed by atoms with van der Waals surface area (Å²) in [6, 6.07) is 4.21. The van der Waals surface area contributed by atoms with Crippen molar-refractivity contribution in [3.8, 4) is 5.75 Å². The summed E-state index contributed by atoms with van der Waals surface area (Å²) in [6.07, 6.45) is 0.614. The molecule has 0 N–H and O–H groups in total. The molecule has 0 radical (unpaired) electrons. The molecule has 0 aliphatic carbocycles. The van der Waals surface area contributed by atoms with Crippen molar-refractivity contribution in [2.45, 2.75) is 13.8 Å². The number of carbonyl (C=O) groups excluding carboxylic acids is 1. The van der Waals surface area contributed by atoms with Crippen LogP contribution in [-0.4, -0.2) is 37.4 Å². The maximum absolute atomic E-state index is 13.4. The first-order chi connectivity index (χ1) is 8.21. The van der Waals surface area contributed by atoms with Gasteiger partial charge in [-0.1, -0.05) is 13.8 Å². The van der Waals surface area contributed by atoms with E-state index in [0.717, 1.165) is 19.6 Å². The van der Waals surface area contributed by atoms with Crippen molar-refractivity contribution < 1.29 is 13.9 Å². The van der Waals surface area contributed by atoms with Gasteiger partial charge in [-0.05, 0) is 31.3 Å². The van der Waals surface area contributed by atoms with Gasteiger partial charge in [0.15, 0.2) is 11.6 Å². The quantitative estimate of drug-likeness (QED) is 0.684. The molecule has 1 aromatic carbocycles. The number of hydrogen-bond donors (Lipinski definition) is 0. The van der Waals surface area contributed by atoms with Crippen LogP contribution in [0.15, 0.2) is 18.2 Å². The first-order valence-corrected chi connectivity index (χ1v) is 5.81. The molecule has 0 saturated carbocycles. The smallest absolute Gasteiger partial charge is 0.165 e. The first-order valence-electron chi connectivity index (χ1n) is 5.81. The highest BCUT2D eigenvalue weighted by atomic mass is 19.1. The fraction of sp³-hybridized carbons (Fsp3) is 0.462. The summed E-state index contributed by atoms with van der Waals surface area (Å²) < 4.78 is 18.8. The second-order valence-electron chi connectivity index (χ2n) is 3.68. The molecule has 0 saturated heterocycles. The molecule has 94 valence electrons. The van der Waals surface area contributed by atoms with E-state index >= 15 is 0 Å². The zero-order valence-corrected chi connectivity index (χ0v) is 10.3. The van der Waals surface area contributed by atoms with Crippen LogP contribution in [-0.2, 0) is 0 Å².